The Morgan fingerprint density at radius 1 is 0.947 bits per heavy atom. The second kappa shape index (κ2) is 11.8. The Balaban J connectivity index is 0.000000555. The maximum Gasteiger partial charge on any atom is 0.190 e. The van der Waals surface area contributed by atoms with Gasteiger partial charge in [0, 0.05) is 12.8 Å². The number of nitriles is 2. The molecule has 0 radical (unpaired) electrons. The number of quaternary nitrogens is 1. The molecule has 0 spiro atoms. The summed E-state index contributed by atoms with van der Waals surface area (Å²) in [4.78, 5) is 0. The van der Waals surface area contributed by atoms with E-state index in [1.54, 1.807) is 5.32 Å². The van der Waals surface area contributed by atoms with Gasteiger partial charge in [-0.25, -0.2) is 5.32 Å². The van der Waals surface area contributed by atoms with Gasteiger partial charge < -0.3 is 4.48 Å². The largest absolute Gasteiger partial charge is 0.326 e. The number of nitrogens with zero attached hydrogens (tertiary/aromatic N) is 3. The van der Waals surface area contributed by atoms with Gasteiger partial charge in [0.2, 0.25) is 0 Å². The van der Waals surface area contributed by atoms with E-state index >= 15 is 0 Å². The average molecular weight is 265 g/mol. The molecule has 1 heterocycles. The predicted octanol–water partition coefficient (Wildman–Crippen LogP) is 3.13. The van der Waals surface area contributed by atoms with E-state index in [4.69, 9.17) is 10.5 Å². The van der Waals surface area contributed by atoms with Gasteiger partial charge in [0.25, 0.3) is 0 Å². The van der Waals surface area contributed by atoms with Gasteiger partial charge in [0.05, 0.1) is 26.7 Å². The Bertz CT molecular complexity index is 270. The van der Waals surface area contributed by atoms with Crippen molar-refractivity contribution in [3.05, 3.63) is 0 Å². The molecule has 0 amide bonds. The molecule has 4 nitrogen and oxygen atoms in total. The van der Waals surface area contributed by atoms with E-state index in [2.05, 4.69) is 14.0 Å². The van der Waals surface area contributed by atoms with E-state index < -0.39 is 0 Å². The smallest absolute Gasteiger partial charge is 0.190 e. The summed E-state index contributed by atoms with van der Waals surface area (Å²) in [6, 6.07) is 0. The minimum atomic E-state index is 1.37. The Labute approximate surface area is 118 Å². The molecule has 0 aromatic rings. The summed E-state index contributed by atoms with van der Waals surface area (Å²) in [7, 11) is 2.44. The molecule has 19 heavy (non-hydrogen) atoms. The van der Waals surface area contributed by atoms with E-state index in [1.807, 2.05) is 0 Å². The van der Waals surface area contributed by atoms with Crippen LogP contribution in [-0.4, -0.2) is 31.2 Å². The first-order valence-electron chi connectivity index (χ1n) is 7.55. The zero-order chi connectivity index (χ0) is 14.4. The molecule has 108 valence electrons. The number of unbranched alkanes of at least 4 members (excludes halogenated alkanes) is 5. The van der Waals surface area contributed by atoms with Crippen LogP contribution in [0.5, 0.6) is 0 Å². The molecule has 0 bridgehead atoms. The van der Waals surface area contributed by atoms with Gasteiger partial charge in [-0.15, -0.1) is 0 Å². The first kappa shape index (κ1) is 17.7. The molecule has 1 saturated heterocycles. The highest BCUT2D eigenvalue weighted by Crippen LogP contribution is 2.17. The monoisotopic (exact) mass is 265 g/mol. The number of hydrogen-bond donors (Lipinski definition) is 1. The van der Waals surface area contributed by atoms with Crippen molar-refractivity contribution >= 4 is 0 Å². The summed E-state index contributed by atoms with van der Waals surface area (Å²) < 4.78 is 1.37. The van der Waals surface area contributed by atoms with Crippen molar-refractivity contribution in [1.29, 1.82) is 10.5 Å². The molecular formula is C15H29N4+. The Morgan fingerprint density at radius 3 is 1.95 bits per heavy atom. The fourth-order valence-electron chi connectivity index (χ4n) is 2.62. The van der Waals surface area contributed by atoms with Gasteiger partial charge in [-0.2, -0.15) is 10.5 Å². The second-order valence-electron chi connectivity index (χ2n) is 5.61. The quantitative estimate of drug-likeness (QED) is 0.333. The van der Waals surface area contributed by atoms with Gasteiger partial charge in [-0.1, -0.05) is 32.6 Å². The fraction of sp³-hybridized carbons (Fsp3) is 0.867. The van der Waals surface area contributed by atoms with E-state index in [0.29, 0.717) is 0 Å². The molecule has 0 aliphatic carbocycles. The summed E-state index contributed by atoms with van der Waals surface area (Å²) in [5.74, 6) is 0. The van der Waals surface area contributed by atoms with Crippen LogP contribution in [0.4, 0.5) is 0 Å². The Morgan fingerprint density at radius 2 is 1.47 bits per heavy atom. The molecule has 1 rings (SSSR count). The number of rotatable bonds is 7. The van der Waals surface area contributed by atoms with Gasteiger partial charge in [-0.3, -0.25) is 0 Å². The van der Waals surface area contributed by atoms with E-state index in [-0.39, 0.29) is 0 Å². The summed E-state index contributed by atoms with van der Waals surface area (Å²) in [5, 5.41) is 16.7. The minimum Gasteiger partial charge on any atom is -0.326 e. The predicted molar refractivity (Wildman–Crippen MR) is 77.8 cm³/mol. The maximum absolute atomic E-state index is 7.48. The van der Waals surface area contributed by atoms with Crippen molar-refractivity contribution in [2.45, 2.75) is 58.3 Å². The van der Waals surface area contributed by atoms with Crippen molar-refractivity contribution in [3.63, 3.8) is 0 Å². The highest BCUT2D eigenvalue weighted by Gasteiger charge is 2.25. The van der Waals surface area contributed by atoms with Crippen LogP contribution in [0.15, 0.2) is 0 Å². The summed E-state index contributed by atoms with van der Waals surface area (Å²) >= 11 is 0. The van der Waals surface area contributed by atoms with E-state index in [9.17, 15) is 0 Å². The molecule has 4 heteroatoms. The molecule has 0 saturated carbocycles. The zero-order valence-electron chi connectivity index (χ0n) is 12.6. The Kier molecular flexibility index (Phi) is 11.0. The normalized spacial score (nSPS) is 15.8. The molecule has 1 fully saturated rings. The van der Waals surface area contributed by atoms with Crippen molar-refractivity contribution in [2.24, 2.45) is 0 Å². The van der Waals surface area contributed by atoms with Crippen LogP contribution in [0.1, 0.15) is 58.3 Å². The van der Waals surface area contributed by atoms with Gasteiger partial charge in [0.15, 0.2) is 12.4 Å². The first-order chi connectivity index (χ1) is 9.18. The summed E-state index contributed by atoms with van der Waals surface area (Å²) in [5.41, 5.74) is 0. The fourth-order valence-corrected chi connectivity index (χ4v) is 2.62. The zero-order valence-corrected chi connectivity index (χ0v) is 12.6. The van der Waals surface area contributed by atoms with Crippen LogP contribution in [0.3, 0.4) is 0 Å². The molecule has 0 aromatic carbocycles. The lowest BCUT2D eigenvalue weighted by atomic mass is 10.1. The van der Waals surface area contributed by atoms with Gasteiger partial charge in [-0.05, 0) is 12.8 Å². The van der Waals surface area contributed by atoms with Crippen molar-refractivity contribution < 1.29 is 4.48 Å². The summed E-state index contributed by atoms with van der Waals surface area (Å²) in [6.45, 7) is 6.60. The van der Waals surface area contributed by atoms with E-state index in [1.165, 1.54) is 87.9 Å². The lowest BCUT2D eigenvalue weighted by Gasteiger charge is -2.29. The molecule has 1 aliphatic heterocycles. The third-order valence-corrected chi connectivity index (χ3v) is 3.81. The van der Waals surface area contributed by atoms with Gasteiger partial charge in [0.1, 0.15) is 0 Å². The maximum atomic E-state index is 7.48. The lowest BCUT2D eigenvalue weighted by molar-refractivity contribution is -0.897. The van der Waals surface area contributed by atoms with Crippen molar-refractivity contribution in [2.75, 3.05) is 26.7 Å². The SMILES string of the molecule is CCCCCCCC[N+]1(C)CCCC1.N#CNC#N. The standard InChI is InChI=1S/C13H28N.C2HN3/c1-3-4-5-6-7-8-11-14(2)12-9-10-13-14;3-1-5-2-4/h3-13H2,1-2H3;5H/q+1;. The Hall–Kier alpha value is -1.26. The third-order valence-electron chi connectivity index (χ3n) is 3.81. The second-order valence-corrected chi connectivity index (χ2v) is 5.61. The van der Waals surface area contributed by atoms with Crippen LogP contribution in [0.25, 0.3) is 0 Å². The highest BCUT2D eigenvalue weighted by atomic mass is 15.3. The van der Waals surface area contributed by atoms with Crippen LogP contribution in [0.2, 0.25) is 0 Å². The van der Waals surface area contributed by atoms with Crippen LogP contribution >= 0.6 is 0 Å². The van der Waals surface area contributed by atoms with Crippen molar-refractivity contribution in [1.82, 2.24) is 5.32 Å². The molecule has 0 aromatic heterocycles. The first-order valence-corrected chi connectivity index (χ1v) is 7.55. The van der Waals surface area contributed by atoms with Crippen molar-refractivity contribution in [3.8, 4) is 12.4 Å². The molecule has 1 N–H and O–H groups in total. The number of hydrogen-bond acceptors (Lipinski definition) is 3. The molecule has 0 atom stereocenters. The van der Waals surface area contributed by atoms with Crippen LogP contribution in [-0.2, 0) is 0 Å². The minimum absolute atomic E-state index is 1.37. The van der Waals surface area contributed by atoms with Gasteiger partial charge >= 0.3 is 0 Å². The van der Waals surface area contributed by atoms with Crippen LogP contribution in [0, 0.1) is 22.9 Å². The lowest BCUT2D eigenvalue weighted by Crippen LogP contribution is -2.41. The topological polar surface area (TPSA) is 59.6 Å². The molecule has 1 aliphatic rings. The average Bonchev–Trinajstić information content (AvgIpc) is 2.83. The van der Waals surface area contributed by atoms with Crippen LogP contribution < -0.4 is 5.32 Å². The summed E-state index contributed by atoms with van der Waals surface area (Å²) in [6.07, 6.45) is 14.4. The number of likely N-dealkylation sites (tertiary alicyclic amines) is 1. The van der Waals surface area contributed by atoms with E-state index in [0.717, 1.165) is 0 Å². The third kappa shape index (κ3) is 10.4. The molecular weight excluding hydrogens is 236 g/mol. The molecule has 0 unspecified atom stereocenters. The number of nitrogens with one attached hydrogen (secondary N) is 1. The highest BCUT2D eigenvalue weighted by molar-refractivity contribution is 4.77.